The van der Waals surface area contributed by atoms with Crippen LogP contribution in [-0.2, 0) is 4.79 Å². The summed E-state index contributed by atoms with van der Waals surface area (Å²) < 4.78 is 0. The second kappa shape index (κ2) is 17.6. The number of carbonyl (C=O) groups is 1. The molecule has 5 heteroatoms. The number of nitrogens with zero attached hydrogens (tertiary/aromatic N) is 1. The molecule has 0 radical (unpaired) electrons. The normalized spacial score (nSPS) is 10.8. The molecule has 0 bridgehead atoms. The van der Waals surface area contributed by atoms with Crippen molar-refractivity contribution in [2.24, 2.45) is 5.73 Å². The van der Waals surface area contributed by atoms with Gasteiger partial charge in [0.05, 0.1) is 0 Å². The van der Waals surface area contributed by atoms with Gasteiger partial charge in [0.25, 0.3) is 0 Å². The van der Waals surface area contributed by atoms with Gasteiger partial charge in [0.1, 0.15) is 0 Å². The van der Waals surface area contributed by atoms with Crippen LogP contribution in [0, 0.1) is 5.41 Å². The van der Waals surface area contributed by atoms with Gasteiger partial charge in [-0.2, -0.15) is 0 Å². The number of rotatable bonds is 18. The number of carboxylic acid groups (broad SMARTS) is 1. The standard InChI is InChI=1S/C20H41N3O2/c1-23(20(21)22)18-16-14-12-10-8-6-4-2-3-5-7-9-11-13-15-17-19(24)25/h2-18H2,1H3,(H3,21,22)(H,24,25). The van der Waals surface area contributed by atoms with Crippen LogP contribution in [0.2, 0.25) is 0 Å². The summed E-state index contributed by atoms with van der Waals surface area (Å²) in [5.41, 5.74) is 5.40. The van der Waals surface area contributed by atoms with Crippen LogP contribution in [0.25, 0.3) is 0 Å². The summed E-state index contributed by atoms with van der Waals surface area (Å²) in [6, 6.07) is 0. The van der Waals surface area contributed by atoms with Gasteiger partial charge in [0.2, 0.25) is 0 Å². The van der Waals surface area contributed by atoms with Crippen LogP contribution in [0.1, 0.15) is 103 Å². The van der Waals surface area contributed by atoms with Crippen molar-refractivity contribution in [2.75, 3.05) is 13.6 Å². The Labute approximate surface area is 154 Å². The molecule has 0 atom stereocenters. The molecule has 0 heterocycles. The summed E-state index contributed by atoms with van der Waals surface area (Å²) in [5.74, 6) is -0.501. The highest BCUT2D eigenvalue weighted by Crippen LogP contribution is 2.13. The third-order valence-corrected chi connectivity index (χ3v) is 4.80. The van der Waals surface area contributed by atoms with Crippen molar-refractivity contribution in [1.29, 1.82) is 5.41 Å². The Morgan fingerprint density at radius 3 is 1.40 bits per heavy atom. The molecule has 0 aliphatic heterocycles. The lowest BCUT2D eigenvalue weighted by Crippen LogP contribution is -2.33. The minimum Gasteiger partial charge on any atom is -0.481 e. The first kappa shape index (κ1) is 23.7. The highest BCUT2D eigenvalue weighted by molar-refractivity contribution is 5.74. The fraction of sp³-hybridized carbons (Fsp3) is 0.900. The third-order valence-electron chi connectivity index (χ3n) is 4.80. The van der Waals surface area contributed by atoms with E-state index in [1.54, 1.807) is 4.90 Å². The van der Waals surface area contributed by atoms with E-state index >= 15 is 0 Å². The Hall–Kier alpha value is -1.26. The van der Waals surface area contributed by atoms with Crippen molar-refractivity contribution < 1.29 is 9.90 Å². The number of guanidine groups is 1. The van der Waals surface area contributed by atoms with Gasteiger partial charge in [-0.25, -0.2) is 0 Å². The summed E-state index contributed by atoms with van der Waals surface area (Å²) >= 11 is 0. The molecule has 0 aliphatic rings. The molecule has 0 spiro atoms. The van der Waals surface area contributed by atoms with Crippen molar-refractivity contribution in [3.05, 3.63) is 0 Å². The van der Waals surface area contributed by atoms with E-state index in [0.29, 0.717) is 6.42 Å². The van der Waals surface area contributed by atoms with Crippen LogP contribution < -0.4 is 5.73 Å². The molecule has 5 nitrogen and oxygen atoms in total. The van der Waals surface area contributed by atoms with Crippen LogP contribution in [0.15, 0.2) is 0 Å². The SMILES string of the molecule is CN(CCCCCCCCCCCCCCCCCC(=O)O)C(=N)N. The van der Waals surface area contributed by atoms with Crippen molar-refractivity contribution in [3.8, 4) is 0 Å². The fourth-order valence-electron chi connectivity index (χ4n) is 3.04. The molecule has 0 rings (SSSR count). The molecule has 0 aromatic heterocycles. The quantitative estimate of drug-likeness (QED) is 0.180. The number of nitrogens with two attached hydrogens (primary N) is 1. The lowest BCUT2D eigenvalue weighted by Gasteiger charge is -2.15. The van der Waals surface area contributed by atoms with E-state index in [1.807, 2.05) is 7.05 Å². The largest absolute Gasteiger partial charge is 0.481 e. The molecule has 0 aromatic carbocycles. The average Bonchev–Trinajstić information content (AvgIpc) is 2.57. The second-order valence-corrected chi connectivity index (χ2v) is 7.25. The van der Waals surface area contributed by atoms with E-state index in [2.05, 4.69) is 0 Å². The number of hydrogen-bond donors (Lipinski definition) is 3. The number of carboxylic acids is 1. The Balaban J connectivity index is 3.07. The zero-order valence-corrected chi connectivity index (χ0v) is 16.4. The molecule has 148 valence electrons. The molecule has 0 unspecified atom stereocenters. The van der Waals surface area contributed by atoms with Gasteiger partial charge in [0.15, 0.2) is 5.96 Å². The van der Waals surface area contributed by atoms with Crippen LogP contribution in [0.3, 0.4) is 0 Å². The van der Waals surface area contributed by atoms with E-state index in [1.165, 1.54) is 77.0 Å². The topological polar surface area (TPSA) is 90.4 Å². The van der Waals surface area contributed by atoms with E-state index in [4.69, 9.17) is 16.2 Å². The maximum Gasteiger partial charge on any atom is 0.303 e. The first-order valence-electron chi connectivity index (χ1n) is 10.3. The maximum absolute atomic E-state index is 10.4. The highest BCUT2D eigenvalue weighted by Gasteiger charge is 1.99. The second-order valence-electron chi connectivity index (χ2n) is 7.25. The molecular weight excluding hydrogens is 314 g/mol. The minimum absolute atomic E-state index is 0.165. The van der Waals surface area contributed by atoms with Gasteiger partial charge in [-0.05, 0) is 12.8 Å². The van der Waals surface area contributed by atoms with Gasteiger partial charge in [-0.1, -0.05) is 83.5 Å². The monoisotopic (exact) mass is 355 g/mol. The lowest BCUT2D eigenvalue weighted by atomic mass is 10.0. The van der Waals surface area contributed by atoms with Gasteiger partial charge in [-0.15, -0.1) is 0 Å². The van der Waals surface area contributed by atoms with Gasteiger partial charge >= 0.3 is 5.97 Å². The molecular formula is C20H41N3O2. The smallest absolute Gasteiger partial charge is 0.303 e. The molecule has 0 aliphatic carbocycles. The van der Waals surface area contributed by atoms with E-state index in [-0.39, 0.29) is 5.96 Å². The highest BCUT2D eigenvalue weighted by atomic mass is 16.4. The first-order valence-corrected chi connectivity index (χ1v) is 10.3. The van der Waals surface area contributed by atoms with E-state index < -0.39 is 5.97 Å². The predicted octanol–water partition coefficient (Wildman–Crippen LogP) is 5.14. The van der Waals surface area contributed by atoms with Gasteiger partial charge < -0.3 is 15.7 Å². The van der Waals surface area contributed by atoms with E-state index in [9.17, 15) is 4.79 Å². The molecule has 4 N–H and O–H groups in total. The number of hydrogen-bond acceptors (Lipinski definition) is 2. The molecule has 0 aromatic rings. The summed E-state index contributed by atoms with van der Waals surface area (Å²) in [5, 5.41) is 15.8. The van der Waals surface area contributed by atoms with Crippen molar-refractivity contribution >= 4 is 11.9 Å². The summed E-state index contributed by atoms with van der Waals surface area (Å²) in [7, 11) is 1.88. The Morgan fingerprint density at radius 2 is 1.08 bits per heavy atom. The van der Waals surface area contributed by atoms with Crippen molar-refractivity contribution in [3.63, 3.8) is 0 Å². The van der Waals surface area contributed by atoms with Crippen molar-refractivity contribution in [1.82, 2.24) is 4.90 Å². The van der Waals surface area contributed by atoms with E-state index in [0.717, 1.165) is 25.8 Å². The van der Waals surface area contributed by atoms with Crippen LogP contribution in [0.4, 0.5) is 0 Å². The Morgan fingerprint density at radius 1 is 0.760 bits per heavy atom. The molecule has 25 heavy (non-hydrogen) atoms. The fourth-order valence-corrected chi connectivity index (χ4v) is 3.04. The number of aliphatic carboxylic acids is 1. The average molecular weight is 356 g/mol. The Kier molecular flexibility index (Phi) is 16.7. The lowest BCUT2D eigenvalue weighted by molar-refractivity contribution is -0.137. The van der Waals surface area contributed by atoms with Crippen LogP contribution >= 0.6 is 0 Å². The maximum atomic E-state index is 10.4. The Bertz CT molecular complexity index is 335. The molecule has 0 saturated carbocycles. The van der Waals surface area contributed by atoms with Crippen LogP contribution in [0.5, 0.6) is 0 Å². The van der Waals surface area contributed by atoms with Crippen LogP contribution in [-0.4, -0.2) is 35.5 Å². The predicted molar refractivity (Wildman–Crippen MR) is 106 cm³/mol. The molecule has 0 saturated heterocycles. The van der Waals surface area contributed by atoms with Gasteiger partial charge in [-0.3, -0.25) is 10.2 Å². The molecule has 0 amide bonds. The number of unbranched alkanes of at least 4 members (excludes halogenated alkanes) is 14. The summed E-state index contributed by atoms with van der Waals surface area (Å²) in [6.45, 7) is 0.898. The third kappa shape index (κ3) is 18.9. The first-order chi connectivity index (χ1) is 12.0. The zero-order valence-electron chi connectivity index (χ0n) is 16.4. The van der Waals surface area contributed by atoms with Crippen molar-refractivity contribution in [2.45, 2.75) is 103 Å². The zero-order chi connectivity index (χ0) is 18.8. The number of nitrogens with one attached hydrogen (secondary N) is 1. The summed E-state index contributed by atoms with van der Waals surface area (Å²) in [6.07, 6.45) is 19.1. The minimum atomic E-state index is -0.666. The van der Waals surface area contributed by atoms with Gasteiger partial charge in [0, 0.05) is 20.0 Å². The molecule has 0 fully saturated rings. The summed E-state index contributed by atoms with van der Waals surface area (Å²) in [4.78, 5) is 12.2.